The summed E-state index contributed by atoms with van der Waals surface area (Å²) >= 11 is 0. The van der Waals surface area contributed by atoms with Crippen LogP contribution in [0.5, 0.6) is 0 Å². The number of hydrogen-bond acceptors (Lipinski definition) is 5. The highest BCUT2D eigenvalue weighted by molar-refractivity contribution is 5.95. The number of rotatable bonds is 6. The maximum Gasteiger partial charge on any atom is 0.331 e. The number of morpholine rings is 1. The number of aromatic nitrogens is 1. The molecule has 140 valence electrons. The van der Waals surface area contributed by atoms with Gasteiger partial charge in [-0.1, -0.05) is 18.2 Å². The molecule has 7 heteroatoms. The van der Waals surface area contributed by atoms with Crippen LogP contribution in [0.25, 0.3) is 17.0 Å². The van der Waals surface area contributed by atoms with E-state index in [0.29, 0.717) is 39.3 Å². The van der Waals surface area contributed by atoms with Crippen molar-refractivity contribution < 1.29 is 19.1 Å². The zero-order valence-electron chi connectivity index (χ0n) is 15.0. The van der Waals surface area contributed by atoms with Gasteiger partial charge < -0.3 is 18.9 Å². The Morgan fingerprint density at radius 2 is 2.04 bits per heavy atom. The molecule has 1 fully saturated rings. The largest absolute Gasteiger partial charge is 0.452 e. The van der Waals surface area contributed by atoms with Gasteiger partial charge in [-0.25, -0.2) is 4.79 Å². The van der Waals surface area contributed by atoms with Gasteiger partial charge in [-0.15, -0.1) is 0 Å². The second kappa shape index (κ2) is 9.01. The van der Waals surface area contributed by atoms with Crippen molar-refractivity contribution in [3.8, 4) is 6.07 Å². The van der Waals surface area contributed by atoms with Crippen molar-refractivity contribution in [2.45, 2.75) is 13.0 Å². The zero-order valence-corrected chi connectivity index (χ0v) is 15.0. The van der Waals surface area contributed by atoms with Crippen LogP contribution in [0, 0.1) is 11.3 Å². The molecule has 1 aromatic carbocycles. The van der Waals surface area contributed by atoms with Crippen molar-refractivity contribution in [2.75, 3.05) is 32.9 Å². The Morgan fingerprint density at radius 1 is 1.26 bits per heavy atom. The number of benzene rings is 1. The van der Waals surface area contributed by atoms with Crippen molar-refractivity contribution in [2.24, 2.45) is 0 Å². The molecule has 0 saturated carbocycles. The van der Waals surface area contributed by atoms with E-state index in [9.17, 15) is 9.59 Å². The average Bonchev–Trinajstić information content (AvgIpc) is 3.07. The average molecular weight is 367 g/mol. The van der Waals surface area contributed by atoms with Crippen LogP contribution >= 0.6 is 0 Å². The molecule has 1 aliphatic rings. The van der Waals surface area contributed by atoms with Crippen LogP contribution in [-0.2, 0) is 25.6 Å². The maximum atomic E-state index is 12.0. The number of carbonyl (C=O) groups is 2. The summed E-state index contributed by atoms with van der Waals surface area (Å²) in [7, 11) is 0. The van der Waals surface area contributed by atoms with Crippen LogP contribution in [-0.4, -0.2) is 54.3 Å². The second-order valence-corrected chi connectivity index (χ2v) is 6.14. The van der Waals surface area contributed by atoms with Crippen LogP contribution < -0.4 is 0 Å². The number of amides is 1. The molecule has 0 N–H and O–H groups in total. The molecule has 1 saturated heterocycles. The summed E-state index contributed by atoms with van der Waals surface area (Å²) in [6.07, 6.45) is 5.31. The summed E-state index contributed by atoms with van der Waals surface area (Å²) in [5.74, 6) is -0.779. The number of hydrogen-bond donors (Lipinski definition) is 0. The van der Waals surface area contributed by atoms with E-state index in [1.54, 1.807) is 11.0 Å². The van der Waals surface area contributed by atoms with Crippen molar-refractivity contribution in [3.05, 3.63) is 42.1 Å². The highest BCUT2D eigenvalue weighted by Gasteiger charge is 2.17. The van der Waals surface area contributed by atoms with E-state index in [-0.39, 0.29) is 12.5 Å². The van der Waals surface area contributed by atoms with Gasteiger partial charge >= 0.3 is 5.97 Å². The Hall–Kier alpha value is -3.11. The van der Waals surface area contributed by atoms with Gasteiger partial charge in [-0.05, 0) is 12.1 Å². The number of carbonyl (C=O) groups excluding carboxylic acids is 2. The van der Waals surface area contributed by atoms with E-state index in [4.69, 9.17) is 14.7 Å². The molecule has 3 rings (SSSR count). The molecule has 0 unspecified atom stereocenters. The van der Waals surface area contributed by atoms with E-state index >= 15 is 0 Å². The normalized spacial score (nSPS) is 14.4. The van der Waals surface area contributed by atoms with E-state index in [1.807, 2.05) is 35.0 Å². The summed E-state index contributed by atoms with van der Waals surface area (Å²) in [4.78, 5) is 25.6. The monoisotopic (exact) mass is 367 g/mol. The Labute approximate surface area is 157 Å². The minimum atomic E-state index is -0.564. The van der Waals surface area contributed by atoms with Gasteiger partial charge in [-0.2, -0.15) is 5.26 Å². The van der Waals surface area contributed by atoms with Gasteiger partial charge in [0.15, 0.2) is 6.61 Å². The molecule has 1 aromatic heterocycles. The fourth-order valence-electron chi connectivity index (χ4n) is 3.01. The number of para-hydroxylation sites is 1. The Kier molecular flexibility index (Phi) is 6.23. The summed E-state index contributed by atoms with van der Waals surface area (Å²) in [6.45, 7) is 2.38. The number of esters is 1. The molecular formula is C20H21N3O4. The van der Waals surface area contributed by atoms with Gasteiger partial charge in [0.1, 0.15) is 0 Å². The fourth-order valence-corrected chi connectivity index (χ4v) is 3.01. The molecule has 1 aliphatic heterocycles. The number of fused-ring (bicyclic) bond motifs is 1. The van der Waals surface area contributed by atoms with Crippen molar-refractivity contribution >= 4 is 28.9 Å². The lowest BCUT2D eigenvalue weighted by Crippen LogP contribution is -2.42. The zero-order chi connectivity index (χ0) is 19.1. The van der Waals surface area contributed by atoms with Gasteiger partial charge in [0.25, 0.3) is 5.91 Å². The van der Waals surface area contributed by atoms with E-state index in [1.165, 1.54) is 6.08 Å². The number of aryl methyl sites for hydroxylation is 1. The first kappa shape index (κ1) is 18.7. The van der Waals surface area contributed by atoms with Gasteiger partial charge in [0.2, 0.25) is 0 Å². The highest BCUT2D eigenvalue weighted by atomic mass is 16.5. The van der Waals surface area contributed by atoms with Crippen molar-refractivity contribution in [1.29, 1.82) is 5.26 Å². The summed E-state index contributed by atoms with van der Waals surface area (Å²) in [5.41, 5.74) is 1.86. The van der Waals surface area contributed by atoms with Crippen LogP contribution in [0.2, 0.25) is 0 Å². The summed E-state index contributed by atoms with van der Waals surface area (Å²) in [5, 5.41) is 9.79. The topological polar surface area (TPSA) is 84.6 Å². The van der Waals surface area contributed by atoms with E-state index in [0.717, 1.165) is 16.5 Å². The number of nitrogens with zero attached hydrogens (tertiary/aromatic N) is 3. The van der Waals surface area contributed by atoms with E-state index < -0.39 is 5.97 Å². The summed E-state index contributed by atoms with van der Waals surface area (Å²) < 4.78 is 12.2. The quantitative estimate of drug-likeness (QED) is 0.576. The van der Waals surface area contributed by atoms with Crippen LogP contribution in [0.15, 0.2) is 36.5 Å². The van der Waals surface area contributed by atoms with Crippen LogP contribution in [0.3, 0.4) is 0 Å². The standard InChI is InChI=1S/C20H21N3O4/c21-8-3-9-23-14-16(17-4-1-2-5-18(17)23)6-7-20(25)27-15-19(24)22-10-12-26-13-11-22/h1-2,4-7,14H,3,9-13,15H2/b7-6+. The van der Waals surface area contributed by atoms with E-state index in [2.05, 4.69) is 6.07 Å². The molecule has 27 heavy (non-hydrogen) atoms. The molecule has 0 bridgehead atoms. The van der Waals surface area contributed by atoms with Gasteiger partial charge in [0, 0.05) is 48.4 Å². The van der Waals surface area contributed by atoms with Crippen LogP contribution in [0.4, 0.5) is 0 Å². The molecule has 0 atom stereocenters. The number of nitriles is 1. The molecule has 2 aromatic rings. The predicted octanol–water partition coefficient (Wildman–Crippen LogP) is 1.97. The minimum Gasteiger partial charge on any atom is -0.452 e. The highest BCUT2D eigenvalue weighted by Crippen LogP contribution is 2.22. The Morgan fingerprint density at radius 3 is 2.81 bits per heavy atom. The Bertz CT molecular complexity index is 888. The third-order valence-corrected chi connectivity index (χ3v) is 4.38. The van der Waals surface area contributed by atoms with Crippen molar-refractivity contribution in [3.63, 3.8) is 0 Å². The molecule has 2 heterocycles. The fraction of sp³-hybridized carbons (Fsp3) is 0.350. The second-order valence-electron chi connectivity index (χ2n) is 6.14. The molecule has 7 nitrogen and oxygen atoms in total. The lowest BCUT2D eigenvalue weighted by molar-refractivity contribution is -0.150. The lowest BCUT2D eigenvalue weighted by atomic mass is 10.1. The van der Waals surface area contributed by atoms with Gasteiger partial charge in [0.05, 0.1) is 25.7 Å². The minimum absolute atomic E-state index is 0.215. The number of ether oxygens (including phenoxy) is 2. The molecule has 0 aliphatic carbocycles. The smallest absolute Gasteiger partial charge is 0.331 e. The first-order chi connectivity index (χ1) is 13.2. The molecule has 0 radical (unpaired) electrons. The molecule has 1 amide bonds. The third kappa shape index (κ3) is 4.74. The molecular weight excluding hydrogens is 346 g/mol. The Balaban J connectivity index is 1.62. The predicted molar refractivity (Wildman–Crippen MR) is 99.6 cm³/mol. The lowest BCUT2D eigenvalue weighted by Gasteiger charge is -2.26. The SMILES string of the molecule is N#CCCn1cc(/C=C/C(=O)OCC(=O)N2CCOCC2)c2ccccc21. The van der Waals surface area contributed by atoms with Crippen molar-refractivity contribution in [1.82, 2.24) is 9.47 Å². The first-order valence-corrected chi connectivity index (χ1v) is 8.84. The molecule has 0 spiro atoms. The third-order valence-electron chi connectivity index (χ3n) is 4.38. The van der Waals surface area contributed by atoms with Crippen LogP contribution in [0.1, 0.15) is 12.0 Å². The maximum absolute atomic E-state index is 12.0. The summed E-state index contributed by atoms with van der Waals surface area (Å²) in [6, 6.07) is 9.94. The first-order valence-electron chi connectivity index (χ1n) is 8.84. The van der Waals surface area contributed by atoms with Gasteiger partial charge in [-0.3, -0.25) is 4.79 Å².